The molecule has 0 aliphatic rings. The molecule has 0 bridgehead atoms. The Balaban J connectivity index is 2.05. The van der Waals surface area contributed by atoms with E-state index in [2.05, 4.69) is 21.2 Å². The molecule has 0 aliphatic heterocycles. The molecule has 2 aromatic rings. The van der Waals surface area contributed by atoms with Gasteiger partial charge in [-0.2, -0.15) is 0 Å². The van der Waals surface area contributed by atoms with Gasteiger partial charge < -0.3 is 10.1 Å². The van der Waals surface area contributed by atoms with Crippen LogP contribution in [0.1, 0.15) is 17.3 Å². The number of hydrogen-bond acceptors (Lipinski definition) is 2. The number of nitrogens with one attached hydrogen (secondary N) is 1. The van der Waals surface area contributed by atoms with E-state index in [1.807, 2.05) is 31.2 Å². The second kappa shape index (κ2) is 6.38. The summed E-state index contributed by atoms with van der Waals surface area (Å²) in [4.78, 5) is 12.0. The quantitative estimate of drug-likeness (QED) is 0.921. The molecule has 2 aromatic carbocycles. The van der Waals surface area contributed by atoms with Crippen molar-refractivity contribution in [2.45, 2.75) is 6.92 Å². The molecule has 3 nitrogen and oxygen atoms in total. The monoisotopic (exact) mass is 319 g/mol. The molecular weight excluding hydrogens is 306 g/mol. The van der Waals surface area contributed by atoms with Gasteiger partial charge in [0.1, 0.15) is 5.75 Å². The lowest BCUT2D eigenvalue weighted by Crippen LogP contribution is -2.11. The first kappa shape index (κ1) is 13.6. The van der Waals surface area contributed by atoms with E-state index in [1.165, 1.54) is 0 Å². The molecule has 0 unspecified atom stereocenters. The number of carbonyl (C=O) groups excluding carboxylic acids is 1. The molecule has 98 valence electrons. The highest BCUT2D eigenvalue weighted by atomic mass is 79.9. The maximum absolute atomic E-state index is 12.0. The van der Waals surface area contributed by atoms with Crippen molar-refractivity contribution in [3.63, 3.8) is 0 Å². The second-order valence-electron chi connectivity index (χ2n) is 3.92. The van der Waals surface area contributed by atoms with Gasteiger partial charge in [-0.1, -0.05) is 15.9 Å². The summed E-state index contributed by atoms with van der Waals surface area (Å²) in [5.74, 6) is 0.632. The van der Waals surface area contributed by atoms with E-state index >= 15 is 0 Å². The molecule has 1 N–H and O–H groups in total. The molecule has 19 heavy (non-hydrogen) atoms. The van der Waals surface area contributed by atoms with Crippen molar-refractivity contribution >= 4 is 27.5 Å². The fourth-order valence-corrected chi connectivity index (χ4v) is 1.87. The normalized spacial score (nSPS) is 10.0. The molecule has 0 spiro atoms. The van der Waals surface area contributed by atoms with Crippen LogP contribution in [0.15, 0.2) is 53.0 Å². The molecular formula is C15H14BrNO2. The van der Waals surface area contributed by atoms with Crippen molar-refractivity contribution in [3.8, 4) is 5.75 Å². The average Bonchev–Trinajstić information content (AvgIpc) is 2.42. The van der Waals surface area contributed by atoms with Crippen molar-refractivity contribution in [3.05, 3.63) is 58.6 Å². The molecule has 0 heterocycles. The van der Waals surface area contributed by atoms with Crippen LogP contribution in [0.4, 0.5) is 5.69 Å². The van der Waals surface area contributed by atoms with Gasteiger partial charge in [-0.15, -0.1) is 0 Å². The summed E-state index contributed by atoms with van der Waals surface area (Å²) in [6.45, 7) is 2.54. The fraction of sp³-hybridized carbons (Fsp3) is 0.133. The molecule has 1 amide bonds. The molecule has 0 aliphatic carbocycles. The Bertz CT molecular complexity index is 549. The molecule has 0 aromatic heterocycles. The third-order valence-electron chi connectivity index (χ3n) is 2.53. The van der Waals surface area contributed by atoms with Crippen molar-refractivity contribution in [2.24, 2.45) is 0 Å². The smallest absolute Gasteiger partial charge is 0.255 e. The minimum absolute atomic E-state index is 0.134. The Morgan fingerprint density at radius 1 is 1.11 bits per heavy atom. The largest absolute Gasteiger partial charge is 0.494 e. The van der Waals surface area contributed by atoms with Gasteiger partial charge in [-0.3, -0.25) is 4.79 Å². The molecule has 0 saturated carbocycles. The molecule has 0 saturated heterocycles. The maximum Gasteiger partial charge on any atom is 0.255 e. The van der Waals surface area contributed by atoms with Crippen molar-refractivity contribution in [1.29, 1.82) is 0 Å². The lowest BCUT2D eigenvalue weighted by molar-refractivity contribution is 0.102. The summed E-state index contributed by atoms with van der Waals surface area (Å²) >= 11 is 3.35. The molecule has 0 atom stereocenters. The van der Waals surface area contributed by atoms with Crippen molar-refractivity contribution in [1.82, 2.24) is 0 Å². The van der Waals surface area contributed by atoms with E-state index in [0.29, 0.717) is 12.2 Å². The number of carbonyl (C=O) groups is 1. The van der Waals surface area contributed by atoms with Crippen LogP contribution in [0.5, 0.6) is 5.75 Å². The Morgan fingerprint density at radius 2 is 1.74 bits per heavy atom. The van der Waals surface area contributed by atoms with Gasteiger partial charge in [-0.25, -0.2) is 0 Å². The van der Waals surface area contributed by atoms with Gasteiger partial charge in [0, 0.05) is 15.7 Å². The van der Waals surface area contributed by atoms with Gasteiger partial charge in [0.2, 0.25) is 0 Å². The van der Waals surface area contributed by atoms with Crippen molar-refractivity contribution < 1.29 is 9.53 Å². The standard InChI is InChI=1S/C15H14BrNO2/c1-2-19-14-9-3-11(4-10-14)15(18)17-13-7-5-12(16)6-8-13/h3-10H,2H2,1H3,(H,17,18). The first-order chi connectivity index (χ1) is 9.19. The number of halogens is 1. The Morgan fingerprint density at radius 3 is 2.32 bits per heavy atom. The maximum atomic E-state index is 12.0. The summed E-state index contributed by atoms with van der Waals surface area (Å²) < 4.78 is 6.31. The van der Waals surface area contributed by atoms with Gasteiger partial charge >= 0.3 is 0 Å². The lowest BCUT2D eigenvalue weighted by Gasteiger charge is -2.07. The van der Waals surface area contributed by atoms with Gasteiger partial charge in [0.15, 0.2) is 0 Å². The summed E-state index contributed by atoms with van der Waals surface area (Å²) in [7, 11) is 0. The Kier molecular flexibility index (Phi) is 4.58. The van der Waals surface area contributed by atoms with Gasteiger partial charge in [-0.05, 0) is 55.5 Å². The zero-order chi connectivity index (χ0) is 13.7. The third-order valence-corrected chi connectivity index (χ3v) is 3.06. The highest BCUT2D eigenvalue weighted by Crippen LogP contribution is 2.16. The second-order valence-corrected chi connectivity index (χ2v) is 4.83. The zero-order valence-electron chi connectivity index (χ0n) is 10.5. The lowest BCUT2D eigenvalue weighted by atomic mass is 10.2. The van der Waals surface area contributed by atoms with Crippen LogP contribution in [0, 0.1) is 0 Å². The van der Waals surface area contributed by atoms with Crippen LogP contribution >= 0.6 is 15.9 Å². The first-order valence-electron chi connectivity index (χ1n) is 5.99. The summed E-state index contributed by atoms with van der Waals surface area (Å²) in [6, 6.07) is 14.5. The predicted octanol–water partition coefficient (Wildman–Crippen LogP) is 4.10. The van der Waals surface area contributed by atoms with Crippen LogP contribution in [0.25, 0.3) is 0 Å². The number of amides is 1. The Labute approximate surface area is 120 Å². The summed E-state index contributed by atoms with van der Waals surface area (Å²) in [6.07, 6.45) is 0. The van der Waals surface area contributed by atoms with E-state index in [9.17, 15) is 4.79 Å². The van der Waals surface area contributed by atoms with Crippen LogP contribution in [0.3, 0.4) is 0 Å². The molecule has 0 radical (unpaired) electrons. The highest BCUT2D eigenvalue weighted by Gasteiger charge is 2.06. The zero-order valence-corrected chi connectivity index (χ0v) is 12.1. The molecule has 0 fully saturated rings. The number of anilines is 1. The highest BCUT2D eigenvalue weighted by molar-refractivity contribution is 9.10. The predicted molar refractivity (Wildman–Crippen MR) is 79.7 cm³/mol. The summed E-state index contributed by atoms with van der Waals surface area (Å²) in [5, 5.41) is 2.84. The number of rotatable bonds is 4. The van der Waals surface area contributed by atoms with E-state index in [4.69, 9.17) is 4.74 Å². The topological polar surface area (TPSA) is 38.3 Å². The SMILES string of the molecule is CCOc1ccc(C(=O)Nc2ccc(Br)cc2)cc1. The number of hydrogen-bond donors (Lipinski definition) is 1. The van der Waals surface area contributed by atoms with E-state index in [1.54, 1.807) is 24.3 Å². The minimum atomic E-state index is -0.134. The first-order valence-corrected chi connectivity index (χ1v) is 6.78. The molecule has 2 rings (SSSR count). The third kappa shape index (κ3) is 3.83. The summed E-state index contributed by atoms with van der Waals surface area (Å²) in [5.41, 5.74) is 1.37. The van der Waals surface area contributed by atoms with Crippen LogP contribution in [-0.4, -0.2) is 12.5 Å². The number of benzene rings is 2. The van der Waals surface area contributed by atoms with E-state index in [0.717, 1.165) is 15.9 Å². The fourth-order valence-electron chi connectivity index (χ4n) is 1.61. The van der Waals surface area contributed by atoms with E-state index < -0.39 is 0 Å². The minimum Gasteiger partial charge on any atom is -0.494 e. The van der Waals surface area contributed by atoms with Gasteiger partial charge in [0.25, 0.3) is 5.91 Å². The van der Waals surface area contributed by atoms with Crippen LogP contribution < -0.4 is 10.1 Å². The van der Waals surface area contributed by atoms with E-state index in [-0.39, 0.29) is 5.91 Å². The van der Waals surface area contributed by atoms with Crippen LogP contribution in [0.2, 0.25) is 0 Å². The van der Waals surface area contributed by atoms with Crippen LogP contribution in [-0.2, 0) is 0 Å². The Hall–Kier alpha value is -1.81. The number of ether oxygens (including phenoxy) is 1. The average molecular weight is 320 g/mol. The van der Waals surface area contributed by atoms with Gasteiger partial charge in [0.05, 0.1) is 6.61 Å². The molecule has 4 heteroatoms. The van der Waals surface area contributed by atoms with Crippen molar-refractivity contribution in [2.75, 3.05) is 11.9 Å².